The minimum absolute atomic E-state index is 0.105. The van der Waals surface area contributed by atoms with Crippen LogP contribution < -0.4 is 26.8 Å². The number of aromatic nitrogens is 2. The third-order valence-corrected chi connectivity index (χ3v) is 6.44. The van der Waals surface area contributed by atoms with Gasteiger partial charge in [-0.3, -0.25) is 0 Å². The molecule has 2 atom stereocenters. The molecular formula is C20H25N7S. The van der Waals surface area contributed by atoms with Gasteiger partial charge in [-0.15, -0.1) is 11.3 Å². The molecule has 5 rings (SSSR count). The predicted octanol–water partition coefficient (Wildman–Crippen LogP) is 2.60. The summed E-state index contributed by atoms with van der Waals surface area (Å²) in [7, 11) is 0. The van der Waals surface area contributed by atoms with Gasteiger partial charge in [0.1, 0.15) is 0 Å². The van der Waals surface area contributed by atoms with E-state index in [0.717, 1.165) is 54.3 Å². The van der Waals surface area contributed by atoms with E-state index in [9.17, 15) is 0 Å². The summed E-state index contributed by atoms with van der Waals surface area (Å²) >= 11 is 1.68. The largest absolute Gasteiger partial charge is 0.352 e. The van der Waals surface area contributed by atoms with Crippen LogP contribution in [0.5, 0.6) is 0 Å². The van der Waals surface area contributed by atoms with Gasteiger partial charge in [0.2, 0.25) is 5.95 Å². The van der Waals surface area contributed by atoms with Crippen LogP contribution in [0.25, 0.3) is 10.2 Å². The van der Waals surface area contributed by atoms with E-state index in [1.165, 1.54) is 5.56 Å². The molecule has 0 bridgehead atoms. The molecule has 2 unspecified atom stereocenters. The predicted molar refractivity (Wildman–Crippen MR) is 114 cm³/mol. The lowest BCUT2D eigenvalue weighted by molar-refractivity contribution is 0.496. The second-order valence-corrected chi connectivity index (χ2v) is 8.43. The van der Waals surface area contributed by atoms with Crippen LogP contribution in [0.15, 0.2) is 41.8 Å². The van der Waals surface area contributed by atoms with Crippen molar-refractivity contribution in [1.82, 2.24) is 20.8 Å². The van der Waals surface area contributed by atoms with Gasteiger partial charge >= 0.3 is 0 Å². The lowest BCUT2D eigenvalue weighted by Gasteiger charge is -2.30. The average Bonchev–Trinajstić information content (AvgIpc) is 3.39. The highest BCUT2D eigenvalue weighted by molar-refractivity contribution is 7.17. The second-order valence-electron chi connectivity index (χ2n) is 7.52. The van der Waals surface area contributed by atoms with Gasteiger partial charge in [0.05, 0.1) is 16.4 Å². The first-order valence-corrected chi connectivity index (χ1v) is 10.7. The molecule has 0 aliphatic carbocycles. The second kappa shape index (κ2) is 7.63. The Bertz CT molecular complexity index is 936. The van der Waals surface area contributed by atoms with Gasteiger partial charge in [0.25, 0.3) is 0 Å². The Labute approximate surface area is 168 Å². The highest BCUT2D eigenvalue weighted by atomic mass is 32.1. The zero-order chi connectivity index (χ0) is 18.9. The van der Waals surface area contributed by atoms with E-state index in [1.54, 1.807) is 11.3 Å². The van der Waals surface area contributed by atoms with Gasteiger partial charge < -0.3 is 16.0 Å². The minimum atomic E-state index is 0.105. The Morgan fingerprint density at radius 1 is 1.07 bits per heavy atom. The van der Waals surface area contributed by atoms with Crippen molar-refractivity contribution in [2.45, 2.75) is 37.5 Å². The van der Waals surface area contributed by atoms with Gasteiger partial charge in [-0.2, -0.15) is 4.98 Å². The maximum atomic E-state index is 6.06. The zero-order valence-electron chi connectivity index (χ0n) is 15.6. The van der Waals surface area contributed by atoms with E-state index < -0.39 is 0 Å². The fourth-order valence-corrected chi connectivity index (χ4v) is 4.69. The summed E-state index contributed by atoms with van der Waals surface area (Å²) in [6.07, 6.45) is 3.02. The van der Waals surface area contributed by atoms with Crippen molar-refractivity contribution in [3.05, 3.63) is 47.3 Å². The molecule has 0 spiro atoms. The molecule has 0 saturated carbocycles. The summed E-state index contributed by atoms with van der Waals surface area (Å²) in [5, 5.41) is 5.67. The van der Waals surface area contributed by atoms with E-state index in [4.69, 9.17) is 15.7 Å². The number of hydrazine groups is 1. The summed E-state index contributed by atoms with van der Waals surface area (Å²) in [5.74, 6) is 1.70. The number of thiophene rings is 1. The Balaban J connectivity index is 1.36. The molecule has 2 saturated heterocycles. The number of fused-ring (bicyclic) bond motifs is 1. The Morgan fingerprint density at radius 3 is 2.71 bits per heavy atom. The summed E-state index contributed by atoms with van der Waals surface area (Å²) in [6, 6.07) is 13.2. The van der Waals surface area contributed by atoms with Gasteiger partial charge in [-0.25, -0.2) is 15.8 Å². The molecule has 2 aliphatic rings. The molecule has 146 valence electrons. The van der Waals surface area contributed by atoms with Crippen molar-refractivity contribution in [2.24, 2.45) is 5.73 Å². The number of benzene rings is 1. The normalized spacial score (nSPS) is 23.4. The third kappa shape index (κ3) is 3.56. The van der Waals surface area contributed by atoms with Gasteiger partial charge in [0.15, 0.2) is 5.82 Å². The maximum Gasteiger partial charge on any atom is 0.227 e. The highest BCUT2D eigenvalue weighted by Gasteiger charge is 2.26. The molecule has 1 aromatic carbocycles. The summed E-state index contributed by atoms with van der Waals surface area (Å²) in [4.78, 5) is 11.9. The number of anilines is 2. The van der Waals surface area contributed by atoms with Crippen molar-refractivity contribution in [3.63, 3.8) is 0 Å². The Hall–Kier alpha value is -2.26. The van der Waals surface area contributed by atoms with Crippen molar-refractivity contribution in [3.8, 4) is 0 Å². The minimum Gasteiger partial charge on any atom is -0.352 e. The fourth-order valence-electron chi connectivity index (χ4n) is 3.91. The number of nitrogens with one attached hydrogen (secondary N) is 3. The van der Waals surface area contributed by atoms with Crippen LogP contribution in [-0.2, 0) is 0 Å². The van der Waals surface area contributed by atoms with E-state index in [1.807, 2.05) is 6.07 Å². The van der Waals surface area contributed by atoms with Crippen molar-refractivity contribution >= 4 is 33.3 Å². The van der Waals surface area contributed by atoms with Gasteiger partial charge in [0, 0.05) is 31.6 Å². The number of rotatable bonds is 4. The molecule has 4 heterocycles. The fraction of sp³-hybridized carbons (Fsp3) is 0.400. The standard InChI is InChI=1S/C20H25N7S/c21-14-6-9-27(10-7-14)20-22-15-8-11-28-18(15)19(24-20)23-17-12-16(25-26-17)13-4-2-1-3-5-13/h1-5,8,11,14,16-17,25-26H,6-7,9-10,12,21H2,(H,22,23,24). The lowest BCUT2D eigenvalue weighted by atomic mass is 10.0. The van der Waals surface area contributed by atoms with E-state index >= 15 is 0 Å². The number of hydrogen-bond acceptors (Lipinski definition) is 8. The molecule has 2 aliphatic heterocycles. The van der Waals surface area contributed by atoms with Crippen LogP contribution in [0.2, 0.25) is 0 Å². The SMILES string of the molecule is NC1CCN(c2nc(NC3CC(c4ccccc4)NN3)c3sccc3n2)CC1. The molecule has 7 nitrogen and oxygen atoms in total. The van der Waals surface area contributed by atoms with Gasteiger partial charge in [-0.1, -0.05) is 30.3 Å². The van der Waals surface area contributed by atoms with Crippen LogP contribution >= 0.6 is 11.3 Å². The first-order valence-electron chi connectivity index (χ1n) is 9.84. The topological polar surface area (TPSA) is 91.1 Å². The molecule has 8 heteroatoms. The molecule has 0 radical (unpaired) electrons. The number of nitrogens with two attached hydrogens (primary N) is 1. The number of nitrogens with zero attached hydrogens (tertiary/aromatic N) is 3. The molecular weight excluding hydrogens is 370 g/mol. The molecule has 3 aromatic rings. The van der Waals surface area contributed by atoms with Crippen LogP contribution in [0.3, 0.4) is 0 Å². The monoisotopic (exact) mass is 395 g/mol. The molecule has 5 N–H and O–H groups in total. The smallest absolute Gasteiger partial charge is 0.227 e. The molecule has 28 heavy (non-hydrogen) atoms. The van der Waals surface area contributed by atoms with Crippen molar-refractivity contribution in [2.75, 3.05) is 23.3 Å². The third-order valence-electron chi connectivity index (χ3n) is 5.53. The van der Waals surface area contributed by atoms with Gasteiger partial charge in [-0.05, 0) is 29.9 Å². The zero-order valence-corrected chi connectivity index (χ0v) is 16.5. The van der Waals surface area contributed by atoms with Crippen LogP contribution in [0.1, 0.15) is 30.9 Å². The maximum absolute atomic E-state index is 6.06. The molecule has 0 amide bonds. The van der Waals surface area contributed by atoms with Crippen LogP contribution in [0, 0.1) is 0 Å². The molecule has 2 aromatic heterocycles. The van der Waals surface area contributed by atoms with E-state index in [0.29, 0.717) is 6.04 Å². The summed E-state index contributed by atoms with van der Waals surface area (Å²) in [5.41, 5.74) is 15.1. The first kappa shape index (κ1) is 17.8. The Morgan fingerprint density at radius 2 is 1.89 bits per heavy atom. The van der Waals surface area contributed by atoms with Crippen molar-refractivity contribution < 1.29 is 0 Å². The Kier molecular flexibility index (Phi) is 4.86. The van der Waals surface area contributed by atoms with E-state index in [2.05, 4.69) is 56.8 Å². The summed E-state index contributed by atoms with van der Waals surface area (Å²) < 4.78 is 1.10. The van der Waals surface area contributed by atoms with E-state index in [-0.39, 0.29) is 12.2 Å². The first-order chi connectivity index (χ1) is 13.8. The number of hydrogen-bond donors (Lipinski definition) is 4. The summed E-state index contributed by atoms with van der Waals surface area (Å²) in [6.45, 7) is 1.82. The highest BCUT2D eigenvalue weighted by Crippen LogP contribution is 2.31. The van der Waals surface area contributed by atoms with Crippen LogP contribution in [0.4, 0.5) is 11.8 Å². The number of piperidine rings is 1. The molecule has 2 fully saturated rings. The average molecular weight is 396 g/mol. The lowest BCUT2D eigenvalue weighted by Crippen LogP contribution is -2.40. The quantitative estimate of drug-likeness (QED) is 0.540. The van der Waals surface area contributed by atoms with Crippen LogP contribution in [-0.4, -0.2) is 35.3 Å². The van der Waals surface area contributed by atoms with Crippen molar-refractivity contribution in [1.29, 1.82) is 0 Å².